The molecule has 0 aliphatic carbocycles. The molecule has 0 unspecified atom stereocenters. The standard InChI is InChI=1S/C27H27FN2O3.C26H27FN2O4/c1-4-15-27(23-10-12-24(28)13-11-23)16-17-30(26(32)33-27)19(2)20-5-7-21(8-6-20)22-9-14-25(31)29(3)18-22;1-18(19-3-5-20(6-4-19)21-7-12-24(31)28(2)17-21)29-15-13-26(14-16-30,33-25(29)32)22-8-10-23(27)11-9-22/h4-14,18-19H,1,15-17H2,2-3H3;3-12,17-18,30H,13-16H2,1-2H3/t19-,27+;18-,26-/m00/s1. The number of aliphatic hydroxyl groups excluding tert-OH is 1. The summed E-state index contributed by atoms with van der Waals surface area (Å²) in [5.41, 5.74) is 5.31. The van der Waals surface area contributed by atoms with E-state index >= 15 is 0 Å². The van der Waals surface area contributed by atoms with Crippen LogP contribution >= 0.6 is 0 Å². The number of cyclic esters (lactones) is 2. The van der Waals surface area contributed by atoms with E-state index in [-0.39, 0.29) is 47.9 Å². The number of hydrogen-bond donors (Lipinski definition) is 1. The Balaban J connectivity index is 0.000000196. The minimum Gasteiger partial charge on any atom is -0.438 e. The molecular weight excluding hydrogens is 843 g/mol. The summed E-state index contributed by atoms with van der Waals surface area (Å²) in [6, 6.07) is 34.1. The molecule has 4 aromatic carbocycles. The molecule has 2 aliphatic heterocycles. The van der Waals surface area contributed by atoms with Crippen LogP contribution in [0.15, 0.2) is 156 Å². The first-order chi connectivity index (χ1) is 31.7. The number of aliphatic hydroxyl groups is 1. The maximum Gasteiger partial charge on any atom is 0.411 e. The molecule has 66 heavy (non-hydrogen) atoms. The third kappa shape index (κ3) is 10.1. The Labute approximate surface area is 382 Å². The topological polar surface area (TPSA) is 123 Å². The Kier molecular flexibility index (Phi) is 14.2. The lowest BCUT2D eigenvalue weighted by Crippen LogP contribution is -2.49. The van der Waals surface area contributed by atoms with Crippen molar-refractivity contribution < 1.29 is 33.0 Å². The Hall–Kier alpha value is -7.12. The summed E-state index contributed by atoms with van der Waals surface area (Å²) in [5.74, 6) is -0.692. The van der Waals surface area contributed by atoms with Crippen LogP contribution in [0.2, 0.25) is 0 Å². The zero-order valence-electron chi connectivity index (χ0n) is 37.5. The third-order valence-corrected chi connectivity index (χ3v) is 12.8. The molecule has 4 heterocycles. The van der Waals surface area contributed by atoms with Gasteiger partial charge in [-0.15, -0.1) is 6.58 Å². The van der Waals surface area contributed by atoms with E-state index < -0.39 is 23.4 Å². The molecule has 0 bridgehead atoms. The highest BCUT2D eigenvalue weighted by Crippen LogP contribution is 2.41. The molecule has 2 fully saturated rings. The smallest absolute Gasteiger partial charge is 0.411 e. The SMILES string of the molecule is C=CC[C@]1(c2ccc(F)cc2)CCN([C@@H](C)c2ccc(-c3ccc(=O)n(C)c3)cc2)C(=O)O1.C[C@@H](c1ccc(-c2ccc(=O)n(C)c2)cc1)N1CC[C@](CCO)(c2ccc(F)cc2)OC1=O. The maximum atomic E-state index is 13.4. The average molecular weight is 897 g/mol. The van der Waals surface area contributed by atoms with Crippen LogP contribution in [0, 0.1) is 11.6 Å². The molecule has 2 amide bonds. The largest absolute Gasteiger partial charge is 0.438 e. The molecule has 0 saturated carbocycles. The number of halogens is 2. The Morgan fingerprint density at radius 2 is 0.970 bits per heavy atom. The van der Waals surface area contributed by atoms with Gasteiger partial charge in [0.2, 0.25) is 11.1 Å². The number of aromatic nitrogens is 2. The molecule has 2 aliphatic rings. The summed E-state index contributed by atoms with van der Waals surface area (Å²) >= 11 is 0. The number of nitrogens with zero attached hydrogens (tertiary/aromatic N) is 4. The van der Waals surface area contributed by atoms with Gasteiger partial charge in [-0.1, -0.05) is 78.9 Å². The molecule has 0 radical (unpaired) electrons. The normalized spacial score (nSPS) is 19.2. The fourth-order valence-electron chi connectivity index (χ4n) is 8.75. The zero-order chi connectivity index (χ0) is 47.2. The van der Waals surface area contributed by atoms with Crippen molar-refractivity contribution in [1.29, 1.82) is 0 Å². The van der Waals surface area contributed by atoms with Crippen molar-refractivity contribution in [2.24, 2.45) is 14.1 Å². The van der Waals surface area contributed by atoms with Gasteiger partial charge in [-0.2, -0.15) is 0 Å². The Morgan fingerprint density at radius 1 is 0.591 bits per heavy atom. The minimum atomic E-state index is -0.969. The molecule has 1 N–H and O–H groups in total. The quantitative estimate of drug-likeness (QED) is 0.121. The van der Waals surface area contributed by atoms with Crippen LogP contribution in [0.3, 0.4) is 0 Å². The van der Waals surface area contributed by atoms with E-state index in [0.29, 0.717) is 37.9 Å². The number of hydrogen-bond acceptors (Lipinski definition) is 7. The predicted molar refractivity (Wildman–Crippen MR) is 249 cm³/mol. The van der Waals surface area contributed by atoms with Crippen molar-refractivity contribution in [2.45, 2.75) is 62.8 Å². The number of amides is 2. The zero-order valence-corrected chi connectivity index (χ0v) is 37.5. The lowest BCUT2D eigenvalue weighted by molar-refractivity contribution is -0.0719. The fourth-order valence-corrected chi connectivity index (χ4v) is 8.75. The molecule has 11 nitrogen and oxygen atoms in total. The number of ether oxygens (including phenoxy) is 2. The van der Waals surface area contributed by atoms with Crippen LogP contribution in [0.4, 0.5) is 18.4 Å². The van der Waals surface area contributed by atoms with Gasteiger partial charge >= 0.3 is 12.2 Å². The molecule has 342 valence electrons. The van der Waals surface area contributed by atoms with Gasteiger partial charge < -0.3 is 33.5 Å². The maximum absolute atomic E-state index is 13.4. The molecule has 8 rings (SSSR count). The van der Waals surface area contributed by atoms with Gasteiger partial charge in [0, 0.05) is 84.0 Å². The Bertz CT molecular complexity index is 2790. The van der Waals surface area contributed by atoms with E-state index in [1.807, 2.05) is 62.4 Å². The van der Waals surface area contributed by atoms with E-state index in [2.05, 4.69) is 6.58 Å². The molecule has 2 saturated heterocycles. The number of benzene rings is 4. The van der Waals surface area contributed by atoms with Crippen LogP contribution < -0.4 is 11.1 Å². The highest BCUT2D eigenvalue weighted by molar-refractivity contribution is 5.71. The minimum absolute atomic E-state index is 0.0548. The van der Waals surface area contributed by atoms with Crippen molar-refractivity contribution in [2.75, 3.05) is 19.7 Å². The van der Waals surface area contributed by atoms with Crippen molar-refractivity contribution in [3.8, 4) is 22.3 Å². The summed E-state index contributed by atoms with van der Waals surface area (Å²) in [7, 11) is 3.44. The van der Waals surface area contributed by atoms with E-state index in [0.717, 1.165) is 38.9 Å². The van der Waals surface area contributed by atoms with Gasteiger partial charge in [-0.05, 0) is 94.8 Å². The summed E-state index contributed by atoms with van der Waals surface area (Å²) in [5, 5.41) is 9.59. The van der Waals surface area contributed by atoms with Crippen LogP contribution in [0.5, 0.6) is 0 Å². The van der Waals surface area contributed by atoms with Crippen LogP contribution in [-0.2, 0) is 34.8 Å². The van der Waals surface area contributed by atoms with E-state index in [1.165, 1.54) is 34.9 Å². The summed E-state index contributed by atoms with van der Waals surface area (Å²) in [6.45, 7) is 8.54. The van der Waals surface area contributed by atoms with Gasteiger partial charge in [0.15, 0.2) is 0 Å². The van der Waals surface area contributed by atoms with Crippen molar-refractivity contribution in [3.05, 3.63) is 201 Å². The number of carbonyl (C=O) groups is 2. The van der Waals surface area contributed by atoms with Gasteiger partial charge in [-0.3, -0.25) is 9.59 Å². The molecule has 13 heteroatoms. The third-order valence-electron chi connectivity index (χ3n) is 12.8. The summed E-state index contributed by atoms with van der Waals surface area (Å²) in [6.07, 6.45) is 6.24. The Morgan fingerprint density at radius 3 is 1.35 bits per heavy atom. The van der Waals surface area contributed by atoms with Crippen molar-refractivity contribution in [3.63, 3.8) is 0 Å². The molecule has 4 atom stereocenters. The van der Waals surface area contributed by atoms with Crippen molar-refractivity contribution in [1.82, 2.24) is 18.9 Å². The summed E-state index contributed by atoms with van der Waals surface area (Å²) in [4.78, 5) is 52.7. The predicted octanol–water partition coefficient (Wildman–Crippen LogP) is 9.94. The van der Waals surface area contributed by atoms with E-state index in [9.17, 15) is 33.1 Å². The monoisotopic (exact) mass is 896 g/mol. The lowest BCUT2D eigenvalue weighted by atomic mass is 9.85. The second-order valence-corrected chi connectivity index (χ2v) is 16.9. The van der Waals surface area contributed by atoms with Crippen LogP contribution in [0.25, 0.3) is 22.3 Å². The first kappa shape index (κ1) is 46.9. The molecular formula is C53H54F2N4O7. The number of pyridine rings is 2. The van der Waals surface area contributed by atoms with Crippen LogP contribution in [0.1, 0.15) is 73.9 Å². The lowest BCUT2D eigenvalue weighted by Gasteiger charge is -2.43. The first-order valence-corrected chi connectivity index (χ1v) is 21.9. The first-order valence-electron chi connectivity index (χ1n) is 21.9. The second kappa shape index (κ2) is 20.0. The van der Waals surface area contributed by atoms with Gasteiger partial charge in [0.25, 0.3) is 0 Å². The average Bonchev–Trinajstić information content (AvgIpc) is 3.31. The summed E-state index contributed by atoms with van der Waals surface area (Å²) < 4.78 is 41.8. The highest BCUT2D eigenvalue weighted by atomic mass is 19.1. The fraction of sp³-hybridized carbons (Fsp3) is 0.283. The van der Waals surface area contributed by atoms with Crippen LogP contribution in [-0.4, -0.2) is 55.9 Å². The van der Waals surface area contributed by atoms with Gasteiger partial charge in [0.05, 0.1) is 12.1 Å². The van der Waals surface area contributed by atoms with E-state index in [4.69, 9.17) is 9.47 Å². The van der Waals surface area contributed by atoms with Crippen molar-refractivity contribution >= 4 is 12.2 Å². The number of aryl methyl sites for hydroxylation is 2. The van der Waals surface area contributed by atoms with Gasteiger partial charge in [0.1, 0.15) is 22.8 Å². The van der Waals surface area contributed by atoms with E-state index in [1.54, 1.807) is 89.4 Å². The number of carbonyl (C=O) groups excluding carboxylic acids is 2. The number of rotatable bonds is 12. The highest BCUT2D eigenvalue weighted by Gasteiger charge is 2.44. The second-order valence-electron chi connectivity index (χ2n) is 16.9. The molecule has 2 aromatic heterocycles. The molecule has 6 aromatic rings. The molecule has 0 spiro atoms. The van der Waals surface area contributed by atoms with Gasteiger partial charge in [-0.25, -0.2) is 18.4 Å².